The standard InChI is InChI=1S/C19H18N14O2/c20-16(28-26-9-12-1-5-22-6-2-12)14-18(32-34-30-14)24-11-25-19-15(31-35-33-19)17(21)29-27-10-13-3-7-23-8-4-13/h1-10H,11H2,(H2,20,28)(H2,21,29)(H,24,32)(H,25,33). The Kier molecular flexibility index (Phi) is 7.35. The van der Waals surface area contributed by atoms with E-state index in [2.05, 4.69) is 61.6 Å². The van der Waals surface area contributed by atoms with E-state index in [0.717, 1.165) is 11.1 Å². The number of amidine groups is 2. The summed E-state index contributed by atoms with van der Waals surface area (Å²) in [5.74, 6) is 0.427. The second-order valence-corrected chi connectivity index (χ2v) is 6.47. The minimum atomic E-state index is -0.00807. The average molecular weight is 474 g/mol. The number of rotatable bonds is 10. The number of nitrogens with zero attached hydrogens (tertiary/aromatic N) is 10. The predicted molar refractivity (Wildman–Crippen MR) is 126 cm³/mol. The summed E-state index contributed by atoms with van der Waals surface area (Å²) in [7, 11) is 0. The smallest absolute Gasteiger partial charge is 0.203 e. The van der Waals surface area contributed by atoms with Crippen molar-refractivity contribution in [3.05, 3.63) is 71.6 Å². The van der Waals surface area contributed by atoms with Crippen LogP contribution in [0.25, 0.3) is 0 Å². The number of anilines is 2. The predicted octanol–water partition coefficient (Wildman–Crippen LogP) is 0.203. The van der Waals surface area contributed by atoms with Gasteiger partial charge in [0.2, 0.25) is 11.6 Å². The second kappa shape index (κ2) is 11.4. The molecule has 4 rings (SSSR count). The number of aromatic nitrogens is 6. The fourth-order valence-electron chi connectivity index (χ4n) is 2.47. The fourth-order valence-corrected chi connectivity index (χ4v) is 2.47. The molecule has 0 aromatic carbocycles. The molecule has 0 aliphatic carbocycles. The summed E-state index contributed by atoms with van der Waals surface area (Å²) in [6, 6.07) is 7.07. The maximum Gasteiger partial charge on any atom is 0.203 e. The van der Waals surface area contributed by atoms with Crippen LogP contribution in [0, 0.1) is 0 Å². The lowest BCUT2D eigenvalue weighted by molar-refractivity contribution is 0.307. The van der Waals surface area contributed by atoms with E-state index in [1.54, 1.807) is 49.1 Å². The first-order chi connectivity index (χ1) is 17.2. The van der Waals surface area contributed by atoms with Gasteiger partial charge in [0.25, 0.3) is 0 Å². The summed E-state index contributed by atoms with van der Waals surface area (Å²) >= 11 is 0. The van der Waals surface area contributed by atoms with Crippen molar-refractivity contribution in [3.63, 3.8) is 0 Å². The topological polar surface area (TPSA) is 229 Å². The van der Waals surface area contributed by atoms with Crippen LogP contribution in [0.1, 0.15) is 22.5 Å². The zero-order chi connectivity index (χ0) is 24.3. The molecule has 0 atom stereocenters. The highest BCUT2D eigenvalue weighted by molar-refractivity contribution is 6.00. The lowest BCUT2D eigenvalue weighted by atomic mass is 10.3. The lowest BCUT2D eigenvalue weighted by Gasteiger charge is -2.05. The summed E-state index contributed by atoms with van der Waals surface area (Å²) in [6.45, 7) is 0.101. The summed E-state index contributed by atoms with van der Waals surface area (Å²) in [6.07, 6.45) is 9.57. The third-order valence-corrected chi connectivity index (χ3v) is 4.13. The molecule has 0 saturated carbocycles. The van der Waals surface area contributed by atoms with Gasteiger partial charge in [-0.3, -0.25) is 9.97 Å². The van der Waals surface area contributed by atoms with Crippen LogP contribution in [0.4, 0.5) is 11.6 Å². The van der Waals surface area contributed by atoms with E-state index in [0.29, 0.717) is 0 Å². The van der Waals surface area contributed by atoms with Crippen LogP contribution in [-0.4, -0.2) is 61.4 Å². The first-order valence-corrected chi connectivity index (χ1v) is 9.87. The molecule has 0 bridgehead atoms. The van der Waals surface area contributed by atoms with E-state index in [1.807, 2.05) is 0 Å². The molecular weight excluding hydrogens is 456 g/mol. The Hall–Kier alpha value is -5.54. The van der Waals surface area contributed by atoms with Gasteiger partial charge in [0, 0.05) is 24.8 Å². The van der Waals surface area contributed by atoms with Crippen LogP contribution in [0.5, 0.6) is 0 Å². The van der Waals surface area contributed by atoms with Crippen molar-refractivity contribution in [2.24, 2.45) is 31.9 Å². The molecule has 0 radical (unpaired) electrons. The minimum absolute atomic E-state index is 0.00807. The lowest BCUT2D eigenvalue weighted by Crippen LogP contribution is -2.21. The van der Waals surface area contributed by atoms with Gasteiger partial charge < -0.3 is 22.1 Å². The van der Waals surface area contributed by atoms with E-state index < -0.39 is 0 Å². The molecule has 6 N–H and O–H groups in total. The van der Waals surface area contributed by atoms with Crippen LogP contribution >= 0.6 is 0 Å². The monoisotopic (exact) mass is 474 g/mol. The first kappa shape index (κ1) is 22.6. The maximum atomic E-state index is 5.94. The maximum absolute atomic E-state index is 5.94. The molecule has 0 unspecified atom stereocenters. The SMILES string of the molecule is NC(=NN=Cc1ccncc1)c1nonc1NCNc1nonc1C(N)=NN=Cc1ccncc1. The fraction of sp³-hybridized carbons (Fsp3) is 0.0526. The van der Waals surface area contributed by atoms with Gasteiger partial charge in [-0.15, -0.1) is 10.2 Å². The van der Waals surface area contributed by atoms with E-state index in [9.17, 15) is 0 Å². The van der Waals surface area contributed by atoms with Crippen LogP contribution in [0.3, 0.4) is 0 Å². The van der Waals surface area contributed by atoms with Crippen LogP contribution < -0.4 is 22.1 Å². The number of pyridine rings is 2. The molecule has 0 amide bonds. The number of nitrogens with two attached hydrogens (primary N) is 2. The number of hydrogen-bond donors (Lipinski definition) is 4. The van der Waals surface area contributed by atoms with Crippen molar-refractivity contribution in [2.75, 3.05) is 17.3 Å². The molecular formula is C19H18N14O2. The quantitative estimate of drug-likeness (QED) is 0.104. The molecule has 16 heteroatoms. The minimum Gasteiger partial charge on any atom is -0.380 e. The largest absolute Gasteiger partial charge is 0.380 e. The number of hydrogen-bond acceptors (Lipinski definition) is 14. The summed E-state index contributed by atoms with van der Waals surface area (Å²) in [4.78, 5) is 7.85. The zero-order valence-corrected chi connectivity index (χ0v) is 17.9. The van der Waals surface area contributed by atoms with Crippen molar-refractivity contribution in [3.8, 4) is 0 Å². The van der Waals surface area contributed by atoms with Crippen molar-refractivity contribution in [2.45, 2.75) is 0 Å². The van der Waals surface area contributed by atoms with Crippen LogP contribution in [-0.2, 0) is 0 Å². The van der Waals surface area contributed by atoms with E-state index >= 15 is 0 Å². The van der Waals surface area contributed by atoms with Gasteiger partial charge in [-0.05, 0) is 56.0 Å². The molecule has 0 aliphatic heterocycles. The molecule has 35 heavy (non-hydrogen) atoms. The average Bonchev–Trinajstić information content (AvgIpc) is 3.55. The van der Waals surface area contributed by atoms with Gasteiger partial charge in [0.05, 0.1) is 19.1 Å². The molecule has 16 nitrogen and oxygen atoms in total. The third-order valence-electron chi connectivity index (χ3n) is 4.13. The highest BCUT2D eigenvalue weighted by atomic mass is 16.6. The molecule has 0 fully saturated rings. The second-order valence-electron chi connectivity index (χ2n) is 6.47. The Morgan fingerprint density at radius 2 is 1.14 bits per heavy atom. The molecule has 4 aromatic rings. The van der Waals surface area contributed by atoms with E-state index in [1.165, 1.54) is 12.4 Å². The Balaban J connectivity index is 1.35. The molecule has 0 aliphatic rings. The van der Waals surface area contributed by atoms with Crippen LogP contribution in [0.15, 0.2) is 78.7 Å². The van der Waals surface area contributed by atoms with Crippen molar-refractivity contribution < 1.29 is 9.26 Å². The van der Waals surface area contributed by atoms with Gasteiger partial charge in [-0.1, -0.05) is 0 Å². The third kappa shape index (κ3) is 6.25. The van der Waals surface area contributed by atoms with Gasteiger partial charge in [-0.25, -0.2) is 9.26 Å². The molecule has 4 aromatic heterocycles. The summed E-state index contributed by atoms with van der Waals surface area (Å²) in [5, 5.41) is 36.5. The Labute approximate surface area is 196 Å². The van der Waals surface area contributed by atoms with Crippen molar-refractivity contribution in [1.29, 1.82) is 0 Å². The van der Waals surface area contributed by atoms with Crippen molar-refractivity contribution in [1.82, 2.24) is 30.6 Å². The normalized spacial score (nSPS) is 12.5. The Morgan fingerprint density at radius 1 is 0.714 bits per heavy atom. The zero-order valence-electron chi connectivity index (χ0n) is 17.9. The molecule has 0 spiro atoms. The van der Waals surface area contributed by atoms with Gasteiger partial charge >= 0.3 is 0 Å². The van der Waals surface area contributed by atoms with Gasteiger partial charge in [0.1, 0.15) is 0 Å². The molecule has 0 saturated heterocycles. The van der Waals surface area contributed by atoms with E-state index in [-0.39, 0.29) is 41.4 Å². The Morgan fingerprint density at radius 3 is 1.57 bits per heavy atom. The van der Waals surface area contributed by atoms with Crippen molar-refractivity contribution >= 4 is 35.7 Å². The molecule has 176 valence electrons. The highest BCUT2D eigenvalue weighted by Crippen LogP contribution is 2.11. The highest BCUT2D eigenvalue weighted by Gasteiger charge is 2.16. The van der Waals surface area contributed by atoms with Gasteiger partial charge in [0.15, 0.2) is 23.1 Å². The summed E-state index contributed by atoms with van der Waals surface area (Å²) in [5.41, 5.74) is 13.8. The van der Waals surface area contributed by atoms with E-state index in [4.69, 9.17) is 20.7 Å². The number of nitrogens with one attached hydrogen (secondary N) is 2. The molecule has 4 heterocycles. The Bertz CT molecular complexity index is 1240. The van der Waals surface area contributed by atoms with Crippen LogP contribution in [0.2, 0.25) is 0 Å². The summed E-state index contributed by atoms with van der Waals surface area (Å²) < 4.78 is 9.49. The van der Waals surface area contributed by atoms with Gasteiger partial charge in [-0.2, -0.15) is 10.2 Å². The first-order valence-electron chi connectivity index (χ1n) is 9.87.